The van der Waals surface area contributed by atoms with Crippen LogP contribution in [0.15, 0.2) is 91.1 Å². The van der Waals surface area contributed by atoms with E-state index in [1.807, 2.05) is 30.3 Å². The normalized spacial score (nSPS) is 20.1. The maximum Gasteiger partial charge on any atom is 0.410 e. The van der Waals surface area contributed by atoms with Crippen LogP contribution >= 0.6 is 0 Å². The lowest BCUT2D eigenvalue weighted by Gasteiger charge is -2.46. The molecule has 0 saturated carbocycles. The zero-order valence-corrected chi connectivity index (χ0v) is 45.6. The van der Waals surface area contributed by atoms with E-state index in [9.17, 15) is 47.9 Å². The van der Waals surface area contributed by atoms with Gasteiger partial charge in [0.2, 0.25) is 17.7 Å². The predicted molar refractivity (Wildman–Crippen MR) is 291 cm³/mol. The number of anilines is 1. The van der Waals surface area contributed by atoms with Crippen LogP contribution in [0, 0.1) is 29.4 Å². The molecule has 3 fully saturated rings. The lowest BCUT2D eigenvalue weighted by atomic mass is 9.84. The molecule has 7 unspecified atom stereocenters. The van der Waals surface area contributed by atoms with Gasteiger partial charge in [-0.2, -0.15) is 0 Å². The third-order valence-electron chi connectivity index (χ3n) is 15.3. The Labute approximate surface area is 472 Å². The number of piperidine rings is 1. The Bertz CT molecular complexity index is 2980. The molecule has 7 N–H and O–H groups in total. The smallest absolute Gasteiger partial charge is 0.410 e. The molecule has 5 heterocycles. The number of likely N-dealkylation sites (tertiary alicyclic amines) is 2. The zero-order valence-electron chi connectivity index (χ0n) is 45.6. The average Bonchev–Trinajstić information content (AvgIpc) is 4.34. The minimum absolute atomic E-state index is 0.0659. The van der Waals surface area contributed by atoms with E-state index in [1.54, 1.807) is 36.7 Å². The highest BCUT2D eigenvalue weighted by atomic mass is 19.1. The molecule has 4 aliphatic rings. The molecule has 438 valence electrons. The number of carbonyl (C=O) groups is 8. The number of hydrogen-bond donors (Lipinski definition) is 6. The number of aromatic nitrogens is 2. The number of aliphatic hydroxyl groups excluding tert-OH is 1. The summed E-state index contributed by atoms with van der Waals surface area (Å²) in [4.78, 5) is 112. The van der Waals surface area contributed by atoms with Crippen molar-refractivity contribution in [1.82, 2.24) is 40.2 Å². The van der Waals surface area contributed by atoms with Gasteiger partial charge in [0.05, 0.1) is 24.3 Å². The van der Waals surface area contributed by atoms with Crippen molar-refractivity contribution in [3.63, 3.8) is 0 Å². The molecule has 7 atom stereocenters. The van der Waals surface area contributed by atoms with Gasteiger partial charge in [-0.1, -0.05) is 62.7 Å². The fraction of sp³-hybridized carbons (Fsp3) is 0.466. The molecule has 8 rings (SSSR count). The van der Waals surface area contributed by atoms with Crippen LogP contribution in [0.4, 0.5) is 28.4 Å². The molecule has 24 heteroatoms. The zero-order chi connectivity index (χ0) is 58.6. The van der Waals surface area contributed by atoms with Gasteiger partial charge < -0.3 is 51.0 Å². The second kappa shape index (κ2) is 27.6. The quantitative estimate of drug-likeness (QED) is 0.0399. The summed E-state index contributed by atoms with van der Waals surface area (Å²) in [6.45, 7) is 3.75. The number of ether oxygens (including phenoxy) is 2. The number of imidazole rings is 1. The Hall–Kier alpha value is -8.12. The minimum atomic E-state index is -1.87. The monoisotopic (exact) mass is 1140 g/mol. The van der Waals surface area contributed by atoms with Gasteiger partial charge in [-0.3, -0.25) is 38.6 Å². The molecule has 3 saturated heterocycles. The molecule has 3 aromatic carbocycles. The predicted octanol–water partition coefficient (Wildman–Crippen LogP) is 5.02. The van der Waals surface area contributed by atoms with Crippen molar-refractivity contribution in [3.05, 3.63) is 120 Å². The second-order valence-corrected chi connectivity index (χ2v) is 21.4. The van der Waals surface area contributed by atoms with Gasteiger partial charge in [0.15, 0.2) is 6.10 Å². The van der Waals surface area contributed by atoms with Gasteiger partial charge in [0.1, 0.15) is 42.3 Å². The van der Waals surface area contributed by atoms with E-state index in [0.717, 1.165) is 33.6 Å². The van der Waals surface area contributed by atoms with Gasteiger partial charge in [0.25, 0.3) is 17.7 Å². The number of nitrogens with zero attached hydrogens (tertiary/aromatic N) is 5. The van der Waals surface area contributed by atoms with Crippen molar-refractivity contribution in [2.45, 2.75) is 115 Å². The van der Waals surface area contributed by atoms with Crippen LogP contribution in [-0.4, -0.2) is 147 Å². The molecule has 0 bridgehead atoms. The first kappa shape index (κ1) is 60.0. The van der Waals surface area contributed by atoms with E-state index in [-0.39, 0.29) is 87.0 Å². The molecular weight excluding hydrogens is 1070 g/mol. The van der Waals surface area contributed by atoms with Gasteiger partial charge >= 0.3 is 12.1 Å². The highest BCUT2D eigenvalue weighted by molar-refractivity contribution is 6.12. The second-order valence-electron chi connectivity index (χ2n) is 21.4. The topological polar surface area (TPSA) is 277 Å². The SMILES string of the molecule is CC(C)C(NC(=O)CCCCCN1C(=O)C=CC1=O)C(=O)NC(CCCNC(N)=O)C(=O)Nc1ccc(COC(=O)N2CC(F)C3CN(C(c4nc(-c5cc(F)ccc5F)cn4Cc4ccccc4)C4CCOCC4)C(=O)C(O)C32)cc1. The third-order valence-corrected chi connectivity index (χ3v) is 15.3. The molecular formula is C58H69F3N10O11. The molecule has 0 radical (unpaired) electrons. The average molecular weight is 1140 g/mol. The van der Waals surface area contributed by atoms with Gasteiger partial charge in [-0.25, -0.2) is 27.7 Å². The number of nitrogens with two attached hydrogens (primary N) is 1. The number of nitrogens with one attached hydrogen (secondary N) is 4. The van der Waals surface area contributed by atoms with E-state index in [2.05, 4.69) is 21.3 Å². The summed E-state index contributed by atoms with van der Waals surface area (Å²) in [5, 5.41) is 22.5. The number of primary amides is 1. The Kier molecular flexibility index (Phi) is 20.2. The fourth-order valence-electron chi connectivity index (χ4n) is 11.0. The van der Waals surface area contributed by atoms with Crippen molar-refractivity contribution >= 4 is 53.3 Å². The van der Waals surface area contributed by atoms with Crippen LogP contribution in [0.25, 0.3) is 11.3 Å². The lowest BCUT2D eigenvalue weighted by molar-refractivity contribution is -0.157. The van der Waals surface area contributed by atoms with Crippen molar-refractivity contribution in [2.24, 2.45) is 23.5 Å². The Morgan fingerprint density at radius 2 is 1.59 bits per heavy atom. The van der Waals surface area contributed by atoms with E-state index in [1.165, 1.54) is 29.2 Å². The number of halogens is 3. The largest absolute Gasteiger partial charge is 0.445 e. The molecule has 0 spiro atoms. The van der Waals surface area contributed by atoms with Crippen LogP contribution in [0.3, 0.4) is 0 Å². The standard InChI is InChI=1S/C58H69F3N10O11/c1-34(2)49(67-46(72)13-7-4-8-25-69-47(73)20-21-48(69)74)55(77)66-44(12-9-24-63-57(62)79)54(76)64-39-17-14-36(15-18-39)33-82-58(80)71-31-43(61)41-30-70(56(78)52(75)51(41)71)50(37-22-26-81-27-23-37)53-65-45(40-28-38(59)16-19-42(40)60)32-68(53)29-35-10-5-3-6-11-35/h3,5-6,10-11,14-21,28,32,34,37,41,43-44,49-52,75H,4,7-9,12-13,22-27,29-31,33H2,1-2H3,(H,64,76)(H,66,77)(H,67,72)(H3,62,63,79). The molecule has 82 heavy (non-hydrogen) atoms. The number of urea groups is 1. The van der Waals surface area contributed by atoms with Crippen LogP contribution in [0.5, 0.6) is 0 Å². The summed E-state index contributed by atoms with van der Waals surface area (Å²) < 4.78 is 59.4. The molecule has 21 nitrogen and oxygen atoms in total. The minimum Gasteiger partial charge on any atom is -0.445 e. The Morgan fingerprint density at radius 3 is 2.28 bits per heavy atom. The third kappa shape index (κ3) is 14.9. The summed E-state index contributed by atoms with van der Waals surface area (Å²) in [6.07, 6.45) is 2.30. The Morgan fingerprint density at radius 1 is 0.866 bits per heavy atom. The van der Waals surface area contributed by atoms with Gasteiger partial charge in [-0.05, 0) is 91.8 Å². The van der Waals surface area contributed by atoms with E-state index < -0.39 is 96.3 Å². The highest BCUT2D eigenvalue weighted by Crippen LogP contribution is 2.43. The number of rotatable bonds is 24. The van der Waals surface area contributed by atoms with Crippen molar-refractivity contribution in [2.75, 3.05) is 44.7 Å². The molecule has 0 aliphatic carbocycles. The number of carbonyl (C=O) groups excluding carboxylic acids is 8. The first-order valence-electron chi connectivity index (χ1n) is 27.6. The van der Waals surface area contributed by atoms with Gasteiger partial charge in [-0.15, -0.1) is 0 Å². The van der Waals surface area contributed by atoms with Crippen LogP contribution in [0.2, 0.25) is 0 Å². The van der Waals surface area contributed by atoms with Crippen molar-refractivity contribution in [1.29, 1.82) is 0 Å². The number of imide groups is 1. The van der Waals surface area contributed by atoms with E-state index >= 15 is 8.78 Å². The summed E-state index contributed by atoms with van der Waals surface area (Å²) in [5.41, 5.74) is 6.86. The number of fused-ring (bicyclic) bond motifs is 1. The summed E-state index contributed by atoms with van der Waals surface area (Å²) in [6, 6.07) is 13.5. The molecule has 4 aromatic rings. The fourth-order valence-corrected chi connectivity index (χ4v) is 11.0. The first-order chi connectivity index (χ1) is 39.4. The molecule has 9 amide bonds. The first-order valence-corrected chi connectivity index (χ1v) is 27.6. The summed E-state index contributed by atoms with van der Waals surface area (Å²) in [5.74, 6) is -5.94. The number of amides is 9. The maximum absolute atomic E-state index is 16.4. The van der Waals surface area contributed by atoms with Crippen LogP contribution in [0.1, 0.15) is 88.2 Å². The van der Waals surface area contributed by atoms with Crippen LogP contribution < -0.4 is 27.0 Å². The van der Waals surface area contributed by atoms with E-state index in [0.29, 0.717) is 62.4 Å². The lowest BCUT2D eigenvalue weighted by Crippen LogP contribution is -2.61. The number of hydrogen-bond acceptors (Lipinski definition) is 12. The van der Waals surface area contributed by atoms with Crippen molar-refractivity contribution < 1.29 is 66.1 Å². The number of aliphatic hydroxyl groups is 1. The number of benzene rings is 3. The summed E-state index contributed by atoms with van der Waals surface area (Å²) >= 11 is 0. The number of unbranched alkanes of at least 4 members (excludes halogenated alkanes) is 2. The molecule has 1 aromatic heterocycles. The van der Waals surface area contributed by atoms with Gasteiger partial charge in [0, 0.05) is 81.3 Å². The maximum atomic E-state index is 16.4. The van der Waals surface area contributed by atoms with Crippen LogP contribution in [-0.2, 0) is 51.4 Å². The van der Waals surface area contributed by atoms with Crippen molar-refractivity contribution in [3.8, 4) is 11.3 Å². The Balaban J connectivity index is 0.892. The summed E-state index contributed by atoms with van der Waals surface area (Å²) in [7, 11) is 0. The van der Waals surface area contributed by atoms with E-state index in [4.69, 9.17) is 20.2 Å². The number of alkyl halides is 1. The molecule has 4 aliphatic heterocycles. The highest BCUT2D eigenvalue weighted by Gasteiger charge is 2.57.